The standard InChI is InChI=1S/C23H29N5O4S.ClH/c1-16-17(2)24-15-27(22(16)30)14-21(29)28(8-4-7-26-9-11-32-12-10-26)23-25-19-6-5-18(31-3)13-20(19)33-23;/h5-6,13,15H,4,7-12,14H2,1-3H3;1H. The quantitative estimate of drug-likeness (QED) is 0.463. The molecule has 1 saturated heterocycles. The van der Waals surface area contributed by atoms with E-state index in [0.29, 0.717) is 22.9 Å². The molecule has 0 aliphatic carbocycles. The van der Waals surface area contributed by atoms with Crippen LogP contribution in [-0.4, -0.2) is 71.8 Å². The molecule has 1 aromatic carbocycles. The first-order valence-corrected chi connectivity index (χ1v) is 11.9. The number of aromatic nitrogens is 3. The maximum Gasteiger partial charge on any atom is 0.256 e. The minimum Gasteiger partial charge on any atom is -0.497 e. The van der Waals surface area contributed by atoms with Crippen LogP contribution in [0.5, 0.6) is 5.75 Å². The highest BCUT2D eigenvalue weighted by molar-refractivity contribution is 7.22. The van der Waals surface area contributed by atoms with E-state index in [1.54, 1.807) is 25.9 Å². The molecule has 1 amide bonds. The molecular formula is C23H30ClN5O4S. The molecule has 184 valence electrons. The second-order valence-corrected chi connectivity index (χ2v) is 9.08. The number of hydrogen-bond donors (Lipinski definition) is 0. The van der Waals surface area contributed by atoms with Crippen molar-refractivity contribution in [1.29, 1.82) is 0 Å². The van der Waals surface area contributed by atoms with Crippen molar-refractivity contribution in [2.45, 2.75) is 26.8 Å². The summed E-state index contributed by atoms with van der Waals surface area (Å²) in [6.45, 7) is 8.11. The van der Waals surface area contributed by atoms with Gasteiger partial charge in [0, 0.05) is 37.4 Å². The summed E-state index contributed by atoms with van der Waals surface area (Å²) in [5.74, 6) is 0.561. The number of ether oxygens (including phenoxy) is 2. The van der Waals surface area contributed by atoms with E-state index < -0.39 is 0 Å². The molecule has 1 aliphatic heterocycles. The summed E-state index contributed by atoms with van der Waals surface area (Å²) < 4.78 is 13.1. The van der Waals surface area contributed by atoms with Crippen LogP contribution >= 0.6 is 23.7 Å². The third kappa shape index (κ3) is 5.93. The van der Waals surface area contributed by atoms with Gasteiger partial charge in [-0.3, -0.25) is 24.0 Å². The van der Waals surface area contributed by atoms with Crippen molar-refractivity contribution in [3.05, 3.63) is 46.1 Å². The number of thiazole rings is 1. The SMILES string of the molecule is COc1ccc2nc(N(CCCN3CCOCC3)C(=O)Cn3cnc(C)c(C)c3=O)sc2c1.Cl. The number of anilines is 1. The van der Waals surface area contributed by atoms with Crippen molar-refractivity contribution in [2.24, 2.45) is 0 Å². The first kappa shape index (κ1) is 26.1. The molecule has 0 atom stereocenters. The van der Waals surface area contributed by atoms with Gasteiger partial charge in [-0.05, 0) is 38.5 Å². The fourth-order valence-corrected chi connectivity index (χ4v) is 4.80. The summed E-state index contributed by atoms with van der Waals surface area (Å²) in [5, 5.41) is 0.620. The zero-order valence-corrected chi connectivity index (χ0v) is 21.3. The number of amides is 1. The van der Waals surface area contributed by atoms with Crippen molar-refractivity contribution in [3.63, 3.8) is 0 Å². The number of hydrogen-bond acceptors (Lipinski definition) is 8. The highest BCUT2D eigenvalue weighted by atomic mass is 35.5. The summed E-state index contributed by atoms with van der Waals surface area (Å²) in [4.78, 5) is 39.0. The first-order chi connectivity index (χ1) is 16.0. The van der Waals surface area contributed by atoms with Gasteiger partial charge in [-0.1, -0.05) is 11.3 Å². The van der Waals surface area contributed by atoms with E-state index in [9.17, 15) is 9.59 Å². The number of halogens is 1. The lowest BCUT2D eigenvalue weighted by molar-refractivity contribution is -0.119. The number of rotatable bonds is 8. The van der Waals surface area contributed by atoms with Gasteiger partial charge in [0.2, 0.25) is 5.91 Å². The van der Waals surface area contributed by atoms with Gasteiger partial charge in [0.05, 0.1) is 36.9 Å². The molecule has 0 bridgehead atoms. The number of aryl methyl sites for hydroxylation is 1. The molecular weight excluding hydrogens is 478 g/mol. The number of methoxy groups -OCH3 is 1. The van der Waals surface area contributed by atoms with Crippen LogP contribution in [0.1, 0.15) is 17.7 Å². The van der Waals surface area contributed by atoms with Gasteiger partial charge in [0.15, 0.2) is 5.13 Å². The van der Waals surface area contributed by atoms with Crippen LogP contribution < -0.4 is 15.2 Å². The van der Waals surface area contributed by atoms with E-state index in [4.69, 9.17) is 14.5 Å². The average molecular weight is 508 g/mol. The second kappa shape index (κ2) is 11.7. The largest absolute Gasteiger partial charge is 0.497 e. The third-order valence-corrected chi connectivity index (χ3v) is 6.94. The summed E-state index contributed by atoms with van der Waals surface area (Å²) in [7, 11) is 1.62. The molecule has 2 aromatic heterocycles. The van der Waals surface area contributed by atoms with E-state index in [1.165, 1.54) is 22.2 Å². The molecule has 34 heavy (non-hydrogen) atoms. The predicted molar refractivity (Wildman–Crippen MR) is 136 cm³/mol. The molecule has 0 unspecified atom stereocenters. The number of benzene rings is 1. The van der Waals surface area contributed by atoms with Crippen LogP contribution in [0, 0.1) is 13.8 Å². The molecule has 1 fully saturated rings. The Balaban J connectivity index is 0.00000324. The minimum absolute atomic E-state index is 0. The van der Waals surface area contributed by atoms with Gasteiger partial charge in [-0.25, -0.2) is 9.97 Å². The van der Waals surface area contributed by atoms with E-state index in [-0.39, 0.29) is 30.4 Å². The van der Waals surface area contributed by atoms with Gasteiger partial charge >= 0.3 is 0 Å². The molecule has 3 aromatic rings. The van der Waals surface area contributed by atoms with Crippen molar-refractivity contribution in [2.75, 3.05) is 51.4 Å². The zero-order chi connectivity index (χ0) is 23.4. The smallest absolute Gasteiger partial charge is 0.256 e. The van der Waals surface area contributed by atoms with Crippen LogP contribution in [-0.2, 0) is 16.1 Å². The topological polar surface area (TPSA) is 89.8 Å². The Bertz CT molecular complexity index is 1190. The van der Waals surface area contributed by atoms with E-state index in [0.717, 1.165) is 55.2 Å². The molecule has 11 heteroatoms. The van der Waals surface area contributed by atoms with E-state index >= 15 is 0 Å². The summed E-state index contributed by atoms with van der Waals surface area (Å²) in [5.41, 5.74) is 1.84. The maximum absolute atomic E-state index is 13.4. The third-order valence-electron chi connectivity index (χ3n) is 5.90. The van der Waals surface area contributed by atoms with E-state index in [1.807, 2.05) is 18.2 Å². The normalized spacial score (nSPS) is 14.1. The summed E-state index contributed by atoms with van der Waals surface area (Å²) in [6, 6.07) is 5.67. The van der Waals surface area contributed by atoms with Gasteiger partial charge in [-0.2, -0.15) is 0 Å². The highest BCUT2D eigenvalue weighted by Gasteiger charge is 2.22. The summed E-state index contributed by atoms with van der Waals surface area (Å²) in [6.07, 6.45) is 2.24. The van der Waals surface area contributed by atoms with Crippen LogP contribution in [0.3, 0.4) is 0 Å². The minimum atomic E-state index is -0.196. The van der Waals surface area contributed by atoms with Crippen LogP contribution in [0.15, 0.2) is 29.3 Å². The number of carbonyl (C=O) groups excluding carboxylic acids is 1. The Morgan fingerprint density at radius 2 is 2.03 bits per heavy atom. The highest BCUT2D eigenvalue weighted by Crippen LogP contribution is 2.31. The monoisotopic (exact) mass is 507 g/mol. The Labute approximate surface area is 208 Å². The van der Waals surface area contributed by atoms with Gasteiger partial charge < -0.3 is 9.47 Å². The Kier molecular flexibility index (Phi) is 9.01. The van der Waals surface area contributed by atoms with Crippen LogP contribution in [0.25, 0.3) is 10.2 Å². The second-order valence-electron chi connectivity index (χ2n) is 8.07. The Morgan fingerprint density at radius 3 is 2.76 bits per heavy atom. The zero-order valence-electron chi connectivity index (χ0n) is 19.7. The number of carbonyl (C=O) groups is 1. The number of fused-ring (bicyclic) bond motifs is 1. The fraction of sp³-hybridized carbons (Fsp3) is 0.478. The molecule has 0 spiro atoms. The lowest BCUT2D eigenvalue weighted by Gasteiger charge is -2.27. The lowest BCUT2D eigenvalue weighted by atomic mass is 10.2. The molecule has 0 saturated carbocycles. The molecule has 9 nitrogen and oxygen atoms in total. The number of nitrogens with zero attached hydrogens (tertiary/aromatic N) is 5. The number of morpholine rings is 1. The molecule has 3 heterocycles. The lowest BCUT2D eigenvalue weighted by Crippen LogP contribution is -2.41. The molecule has 4 rings (SSSR count). The van der Waals surface area contributed by atoms with Crippen molar-refractivity contribution in [3.8, 4) is 5.75 Å². The van der Waals surface area contributed by atoms with Crippen molar-refractivity contribution in [1.82, 2.24) is 19.4 Å². The van der Waals surface area contributed by atoms with Crippen molar-refractivity contribution >= 4 is 45.0 Å². The van der Waals surface area contributed by atoms with Crippen molar-refractivity contribution < 1.29 is 14.3 Å². The summed E-state index contributed by atoms with van der Waals surface area (Å²) >= 11 is 1.45. The Morgan fingerprint density at radius 1 is 1.26 bits per heavy atom. The molecule has 1 aliphatic rings. The van der Waals surface area contributed by atoms with Gasteiger partial charge in [-0.15, -0.1) is 12.4 Å². The average Bonchev–Trinajstić information content (AvgIpc) is 3.25. The van der Waals surface area contributed by atoms with Crippen LogP contribution in [0.4, 0.5) is 5.13 Å². The van der Waals surface area contributed by atoms with Crippen LogP contribution in [0.2, 0.25) is 0 Å². The Hall–Kier alpha value is -2.53. The molecule has 0 radical (unpaired) electrons. The van der Waals surface area contributed by atoms with Gasteiger partial charge in [0.1, 0.15) is 12.3 Å². The fourth-order valence-electron chi connectivity index (χ4n) is 3.76. The maximum atomic E-state index is 13.4. The first-order valence-electron chi connectivity index (χ1n) is 11.0. The molecule has 0 N–H and O–H groups in total. The predicted octanol–water partition coefficient (Wildman–Crippen LogP) is 2.66. The van der Waals surface area contributed by atoms with Gasteiger partial charge in [0.25, 0.3) is 5.56 Å². The van der Waals surface area contributed by atoms with E-state index in [2.05, 4.69) is 9.88 Å².